The van der Waals surface area contributed by atoms with Crippen molar-refractivity contribution in [2.75, 3.05) is 6.54 Å². The SMILES string of the molecule is CCCNC(Cc1cccc(Cl)c1)c1cc(C)oc1C. The first-order valence-corrected chi connectivity index (χ1v) is 7.52. The summed E-state index contributed by atoms with van der Waals surface area (Å²) in [6.07, 6.45) is 2.03. The monoisotopic (exact) mass is 291 g/mol. The van der Waals surface area contributed by atoms with Crippen LogP contribution in [0.2, 0.25) is 5.02 Å². The summed E-state index contributed by atoms with van der Waals surface area (Å²) in [4.78, 5) is 0. The Bertz CT molecular complexity index is 562. The smallest absolute Gasteiger partial charge is 0.105 e. The standard InChI is InChI=1S/C17H22ClNO/c1-4-8-19-17(16-9-12(2)20-13(16)3)11-14-6-5-7-15(18)10-14/h5-7,9-10,17,19H,4,8,11H2,1-3H3. The van der Waals surface area contributed by atoms with E-state index in [1.54, 1.807) is 0 Å². The van der Waals surface area contributed by atoms with E-state index in [2.05, 4.69) is 24.4 Å². The lowest BCUT2D eigenvalue weighted by Gasteiger charge is -2.18. The molecule has 2 rings (SSSR count). The Morgan fingerprint density at radius 3 is 2.65 bits per heavy atom. The number of hydrogen-bond acceptors (Lipinski definition) is 2. The molecule has 1 N–H and O–H groups in total. The molecule has 0 bridgehead atoms. The summed E-state index contributed by atoms with van der Waals surface area (Å²) >= 11 is 6.08. The van der Waals surface area contributed by atoms with Gasteiger partial charge in [0, 0.05) is 16.6 Å². The molecule has 1 heterocycles. The Hall–Kier alpha value is -1.25. The van der Waals surface area contributed by atoms with Gasteiger partial charge in [-0.05, 0) is 57.0 Å². The minimum Gasteiger partial charge on any atom is -0.466 e. The summed E-state index contributed by atoms with van der Waals surface area (Å²) in [5.74, 6) is 1.96. The van der Waals surface area contributed by atoms with Gasteiger partial charge in [0.15, 0.2) is 0 Å². The van der Waals surface area contributed by atoms with Gasteiger partial charge in [0.2, 0.25) is 0 Å². The zero-order valence-corrected chi connectivity index (χ0v) is 13.1. The van der Waals surface area contributed by atoms with E-state index in [1.165, 1.54) is 11.1 Å². The summed E-state index contributed by atoms with van der Waals surface area (Å²) in [6, 6.07) is 10.5. The van der Waals surface area contributed by atoms with E-state index in [0.717, 1.165) is 35.9 Å². The maximum absolute atomic E-state index is 6.08. The molecular weight excluding hydrogens is 270 g/mol. The molecule has 0 spiro atoms. The molecule has 2 aromatic rings. The van der Waals surface area contributed by atoms with Gasteiger partial charge in [-0.25, -0.2) is 0 Å². The van der Waals surface area contributed by atoms with Gasteiger partial charge < -0.3 is 9.73 Å². The third-order valence-electron chi connectivity index (χ3n) is 3.42. The van der Waals surface area contributed by atoms with E-state index in [0.29, 0.717) is 0 Å². The number of furan rings is 1. The maximum Gasteiger partial charge on any atom is 0.105 e. The van der Waals surface area contributed by atoms with Gasteiger partial charge in [-0.3, -0.25) is 0 Å². The zero-order valence-electron chi connectivity index (χ0n) is 12.4. The van der Waals surface area contributed by atoms with E-state index in [4.69, 9.17) is 16.0 Å². The largest absolute Gasteiger partial charge is 0.466 e. The Balaban J connectivity index is 2.21. The van der Waals surface area contributed by atoms with Gasteiger partial charge in [-0.15, -0.1) is 0 Å². The molecule has 20 heavy (non-hydrogen) atoms. The summed E-state index contributed by atoms with van der Waals surface area (Å²) in [6.45, 7) is 7.19. The lowest BCUT2D eigenvalue weighted by molar-refractivity contribution is 0.480. The Kier molecular flexibility index (Phi) is 5.27. The van der Waals surface area contributed by atoms with Gasteiger partial charge in [-0.1, -0.05) is 30.7 Å². The second kappa shape index (κ2) is 6.96. The number of hydrogen-bond donors (Lipinski definition) is 1. The highest BCUT2D eigenvalue weighted by atomic mass is 35.5. The Labute approximate surface area is 126 Å². The van der Waals surface area contributed by atoms with Crippen molar-refractivity contribution in [2.24, 2.45) is 0 Å². The average molecular weight is 292 g/mol. The molecule has 0 aliphatic rings. The molecule has 0 aliphatic heterocycles. The van der Waals surface area contributed by atoms with Gasteiger partial charge in [0.25, 0.3) is 0 Å². The van der Waals surface area contributed by atoms with E-state index in [-0.39, 0.29) is 6.04 Å². The minimum absolute atomic E-state index is 0.269. The van der Waals surface area contributed by atoms with Crippen LogP contribution >= 0.6 is 11.6 Å². The number of nitrogens with one attached hydrogen (secondary N) is 1. The van der Waals surface area contributed by atoms with Crippen LogP contribution in [0.4, 0.5) is 0 Å². The molecule has 0 aliphatic carbocycles. The molecule has 0 fully saturated rings. The van der Waals surface area contributed by atoms with Gasteiger partial charge in [0.05, 0.1) is 0 Å². The molecule has 0 saturated heterocycles. The molecular formula is C17H22ClNO. The minimum atomic E-state index is 0.269. The fourth-order valence-corrected chi connectivity index (χ4v) is 2.72. The van der Waals surface area contributed by atoms with E-state index in [9.17, 15) is 0 Å². The lowest BCUT2D eigenvalue weighted by Crippen LogP contribution is -2.24. The molecule has 108 valence electrons. The van der Waals surface area contributed by atoms with Crippen molar-refractivity contribution in [3.05, 3.63) is 58.0 Å². The van der Waals surface area contributed by atoms with Crippen LogP contribution in [0.1, 0.15) is 42.0 Å². The van der Waals surface area contributed by atoms with Gasteiger partial charge in [0.1, 0.15) is 11.5 Å². The number of aryl methyl sites for hydroxylation is 2. The third kappa shape index (κ3) is 3.87. The van der Waals surface area contributed by atoms with Crippen LogP contribution in [0.3, 0.4) is 0 Å². The number of rotatable bonds is 6. The summed E-state index contributed by atoms with van der Waals surface area (Å²) in [7, 11) is 0. The Morgan fingerprint density at radius 1 is 1.25 bits per heavy atom. The molecule has 0 saturated carbocycles. The molecule has 1 aromatic carbocycles. The van der Waals surface area contributed by atoms with Crippen LogP contribution < -0.4 is 5.32 Å². The highest BCUT2D eigenvalue weighted by molar-refractivity contribution is 6.30. The van der Waals surface area contributed by atoms with Crippen LogP contribution in [0.15, 0.2) is 34.7 Å². The maximum atomic E-state index is 6.08. The van der Waals surface area contributed by atoms with E-state index >= 15 is 0 Å². The lowest BCUT2D eigenvalue weighted by atomic mass is 9.99. The second-order valence-corrected chi connectivity index (χ2v) is 5.65. The molecule has 0 amide bonds. The van der Waals surface area contributed by atoms with Crippen molar-refractivity contribution < 1.29 is 4.42 Å². The first kappa shape index (κ1) is 15.1. The highest BCUT2D eigenvalue weighted by Gasteiger charge is 2.17. The van der Waals surface area contributed by atoms with Crippen LogP contribution in [-0.4, -0.2) is 6.54 Å². The highest BCUT2D eigenvalue weighted by Crippen LogP contribution is 2.25. The Morgan fingerprint density at radius 2 is 2.05 bits per heavy atom. The second-order valence-electron chi connectivity index (χ2n) is 5.21. The normalized spacial score (nSPS) is 12.6. The quantitative estimate of drug-likeness (QED) is 0.824. The number of benzene rings is 1. The van der Waals surface area contributed by atoms with Crippen molar-refractivity contribution in [3.8, 4) is 0 Å². The zero-order chi connectivity index (χ0) is 14.5. The molecule has 0 radical (unpaired) electrons. The van der Waals surface area contributed by atoms with Gasteiger partial charge >= 0.3 is 0 Å². The first-order chi connectivity index (χ1) is 9.60. The van der Waals surface area contributed by atoms with Gasteiger partial charge in [-0.2, -0.15) is 0 Å². The summed E-state index contributed by atoms with van der Waals surface area (Å²) in [5, 5.41) is 4.39. The fraction of sp³-hybridized carbons (Fsp3) is 0.412. The predicted octanol–water partition coefficient (Wildman–Crippen LogP) is 4.83. The molecule has 3 heteroatoms. The van der Waals surface area contributed by atoms with Crippen LogP contribution in [0, 0.1) is 13.8 Å². The van der Waals surface area contributed by atoms with Crippen molar-refractivity contribution in [1.29, 1.82) is 0 Å². The predicted molar refractivity (Wildman–Crippen MR) is 84.4 cm³/mol. The molecule has 2 nitrogen and oxygen atoms in total. The first-order valence-electron chi connectivity index (χ1n) is 7.15. The topological polar surface area (TPSA) is 25.2 Å². The van der Waals surface area contributed by atoms with Crippen LogP contribution in [0.5, 0.6) is 0 Å². The van der Waals surface area contributed by atoms with E-state index in [1.807, 2.05) is 32.0 Å². The van der Waals surface area contributed by atoms with Crippen LogP contribution in [0.25, 0.3) is 0 Å². The van der Waals surface area contributed by atoms with Crippen molar-refractivity contribution in [3.63, 3.8) is 0 Å². The van der Waals surface area contributed by atoms with Crippen molar-refractivity contribution >= 4 is 11.6 Å². The van der Waals surface area contributed by atoms with Crippen molar-refractivity contribution in [1.82, 2.24) is 5.32 Å². The number of halogens is 1. The average Bonchev–Trinajstić information content (AvgIpc) is 2.73. The summed E-state index contributed by atoms with van der Waals surface area (Å²) in [5.41, 5.74) is 2.49. The molecule has 1 unspecified atom stereocenters. The molecule has 1 atom stereocenters. The molecule has 1 aromatic heterocycles. The van der Waals surface area contributed by atoms with Crippen LogP contribution in [-0.2, 0) is 6.42 Å². The summed E-state index contributed by atoms with van der Waals surface area (Å²) < 4.78 is 5.67. The third-order valence-corrected chi connectivity index (χ3v) is 3.66. The van der Waals surface area contributed by atoms with E-state index < -0.39 is 0 Å². The fourth-order valence-electron chi connectivity index (χ4n) is 2.51. The van der Waals surface area contributed by atoms with Crippen molar-refractivity contribution in [2.45, 2.75) is 39.7 Å².